The quantitative estimate of drug-likeness (QED) is 0.735. The third-order valence-corrected chi connectivity index (χ3v) is 3.57. The molecular weight excluding hydrogens is 202 g/mol. The first kappa shape index (κ1) is 12.3. The van der Waals surface area contributed by atoms with Gasteiger partial charge in [-0.05, 0) is 38.3 Å². The molecule has 2 rings (SSSR count). The van der Waals surface area contributed by atoms with Crippen LogP contribution in [0.25, 0.3) is 0 Å². The van der Waals surface area contributed by atoms with Crippen LogP contribution in [0.3, 0.4) is 0 Å². The predicted molar refractivity (Wildman–Crippen MR) is 64.4 cm³/mol. The summed E-state index contributed by atoms with van der Waals surface area (Å²) in [5, 5.41) is 0. The average Bonchev–Trinajstić information content (AvgIpc) is 2.66. The first-order valence-electron chi connectivity index (χ1n) is 6.70. The van der Waals surface area contributed by atoms with E-state index in [1.54, 1.807) is 0 Å². The minimum absolute atomic E-state index is 0.240. The number of likely N-dealkylation sites (tertiary alicyclic amines) is 1. The Kier molecular flexibility index (Phi) is 4.22. The number of hydrogen-bond donors (Lipinski definition) is 0. The molecule has 0 aromatic heterocycles. The van der Waals surface area contributed by atoms with Gasteiger partial charge in [0.2, 0.25) is 0 Å². The van der Waals surface area contributed by atoms with E-state index in [4.69, 9.17) is 9.47 Å². The van der Waals surface area contributed by atoms with Crippen LogP contribution in [0, 0.1) is 5.92 Å². The molecule has 0 aromatic carbocycles. The van der Waals surface area contributed by atoms with Gasteiger partial charge >= 0.3 is 0 Å². The van der Waals surface area contributed by atoms with Gasteiger partial charge in [0, 0.05) is 6.42 Å². The summed E-state index contributed by atoms with van der Waals surface area (Å²) in [5.74, 6) is 0.577. The SMILES string of the molecule is CC(C)CCCN1CCCC2(C1)OCCO2. The van der Waals surface area contributed by atoms with Gasteiger partial charge in [-0.2, -0.15) is 0 Å². The second-order valence-corrected chi connectivity index (χ2v) is 5.52. The third kappa shape index (κ3) is 3.19. The molecule has 0 aliphatic carbocycles. The van der Waals surface area contributed by atoms with Gasteiger partial charge < -0.3 is 9.47 Å². The van der Waals surface area contributed by atoms with Gasteiger partial charge in [-0.1, -0.05) is 13.8 Å². The molecule has 94 valence electrons. The van der Waals surface area contributed by atoms with Crippen molar-refractivity contribution in [3.05, 3.63) is 0 Å². The Hall–Kier alpha value is -0.120. The van der Waals surface area contributed by atoms with Crippen molar-refractivity contribution in [2.75, 3.05) is 32.8 Å². The Balaban J connectivity index is 1.74. The van der Waals surface area contributed by atoms with E-state index in [1.165, 1.54) is 32.4 Å². The van der Waals surface area contributed by atoms with Gasteiger partial charge in [-0.3, -0.25) is 4.90 Å². The first-order valence-corrected chi connectivity index (χ1v) is 6.70. The van der Waals surface area contributed by atoms with Crippen molar-refractivity contribution < 1.29 is 9.47 Å². The molecule has 0 radical (unpaired) electrons. The van der Waals surface area contributed by atoms with Gasteiger partial charge in [0.05, 0.1) is 19.8 Å². The highest BCUT2D eigenvalue weighted by Crippen LogP contribution is 2.30. The number of rotatable bonds is 4. The van der Waals surface area contributed by atoms with Crippen LogP contribution in [0.4, 0.5) is 0 Å². The Labute approximate surface area is 99.1 Å². The van der Waals surface area contributed by atoms with E-state index in [2.05, 4.69) is 18.7 Å². The second kappa shape index (κ2) is 5.48. The zero-order valence-electron chi connectivity index (χ0n) is 10.7. The Morgan fingerprint density at radius 1 is 1.25 bits per heavy atom. The zero-order valence-corrected chi connectivity index (χ0v) is 10.7. The molecule has 0 saturated carbocycles. The minimum atomic E-state index is -0.240. The van der Waals surface area contributed by atoms with Crippen LogP contribution in [-0.4, -0.2) is 43.5 Å². The van der Waals surface area contributed by atoms with Crippen molar-refractivity contribution >= 4 is 0 Å². The molecule has 0 atom stereocenters. The summed E-state index contributed by atoms with van der Waals surface area (Å²) in [7, 11) is 0. The third-order valence-electron chi connectivity index (χ3n) is 3.57. The summed E-state index contributed by atoms with van der Waals surface area (Å²) in [6.07, 6.45) is 4.91. The van der Waals surface area contributed by atoms with Gasteiger partial charge in [-0.15, -0.1) is 0 Å². The summed E-state index contributed by atoms with van der Waals surface area (Å²) in [6.45, 7) is 9.53. The molecule has 2 aliphatic heterocycles. The van der Waals surface area contributed by atoms with E-state index in [9.17, 15) is 0 Å². The molecule has 3 nitrogen and oxygen atoms in total. The lowest BCUT2D eigenvalue weighted by Gasteiger charge is -2.38. The lowest BCUT2D eigenvalue weighted by Crippen LogP contribution is -2.49. The number of ether oxygens (including phenoxy) is 2. The molecule has 2 aliphatic rings. The normalized spacial score (nSPS) is 25.7. The fraction of sp³-hybridized carbons (Fsp3) is 1.00. The van der Waals surface area contributed by atoms with Gasteiger partial charge in [-0.25, -0.2) is 0 Å². The fourth-order valence-corrected chi connectivity index (χ4v) is 2.72. The lowest BCUT2D eigenvalue weighted by molar-refractivity contribution is -0.189. The highest BCUT2D eigenvalue weighted by atomic mass is 16.7. The van der Waals surface area contributed by atoms with Crippen molar-refractivity contribution in [3.8, 4) is 0 Å². The maximum Gasteiger partial charge on any atom is 0.181 e. The van der Waals surface area contributed by atoms with Gasteiger partial charge in [0.25, 0.3) is 0 Å². The molecule has 0 amide bonds. The zero-order chi connectivity index (χ0) is 11.4. The highest BCUT2D eigenvalue weighted by molar-refractivity contribution is 4.83. The number of hydrogen-bond acceptors (Lipinski definition) is 3. The smallest absolute Gasteiger partial charge is 0.181 e. The van der Waals surface area contributed by atoms with Crippen molar-refractivity contribution in [2.45, 2.75) is 45.3 Å². The van der Waals surface area contributed by atoms with Gasteiger partial charge in [0.15, 0.2) is 5.79 Å². The molecule has 2 fully saturated rings. The summed E-state index contributed by atoms with van der Waals surface area (Å²) < 4.78 is 11.6. The summed E-state index contributed by atoms with van der Waals surface area (Å²) in [5.41, 5.74) is 0. The van der Waals surface area contributed by atoms with Crippen LogP contribution < -0.4 is 0 Å². The molecule has 0 aromatic rings. The minimum Gasteiger partial charge on any atom is -0.346 e. The van der Waals surface area contributed by atoms with Crippen LogP contribution in [0.15, 0.2) is 0 Å². The highest BCUT2D eigenvalue weighted by Gasteiger charge is 2.40. The van der Waals surface area contributed by atoms with Crippen LogP contribution in [0.5, 0.6) is 0 Å². The van der Waals surface area contributed by atoms with Crippen LogP contribution in [-0.2, 0) is 9.47 Å². The van der Waals surface area contributed by atoms with Crippen LogP contribution >= 0.6 is 0 Å². The first-order chi connectivity index (χ1) is 7.70. The molecule has 0 N–H and O–H groups in total. The van der Waals surface area contributed by atoms with Crippen LogP contribution in [0.1, 0.15) is 39.5 Å². The van der Waals surface area contributed by atoms with E-state index in [-0.39, 0.29) is 5.79 Å². The molecule has 0 unspecified atom stereocenters. The lowest BCUT2D eigenvalue weighted by atomic mass is 10.0. The van der Waals surface area contributed by atoms with Crippen molar-refractivity contribution in [1.82, 2.24) is 4.90 Å². The average molecular weight is 227 g/mol. The summed E-state index contributed by atoms with van der Waals surface area (Å²) in [4.78, 5) is 2.51. The monoisotopic (exact) mass is 227 g/mol. The second-order valence-electron chi connectivity index (χ2n) is 5.52. The van der Waals surface area contributed by atoms with E-state index in [0.717, 1.165) is 32.1 Å². The maximum atomic E-state index is 5.78. The van der Waals surface area contributed by atoms with Crippen molar-refractivity contribution in [1.29, 1.82) is 0 Å². The predicted octanol–water partition coefficient (Wildman–Crippen LogP) is 2.26. The molecule has 2 heterocycles. The standard InChI is InChI=1S/C13H25NO2/c1-12(2)5-3-7-14-8-4-6-13(11-14)15-9-10-16-13/h12H,3-11H2,1-2H3. The van der Waals surface area contributed by atoms with E-state index >= 15 is 0 Å². The topological polar surface area (TPSA) is 21.7 Å². The van der Waals surface area contributed by atoms with Crippen LogP contribution in [0.2, 0.25) is 0 Å². The Morgan fingerprint density at radius 2 is 2.00 bits per heavy atom. The summed E-state index contributed by atoms with van der Waals surface area (Å²) in [6, 6.07) is 0. The molecule has 1 spiro atoms. The number of piperidine rings is 1. The van der Waals surface area contributed by atoms with E-state index in [1.807, 2.05) is 0 Å². The molecule has 3 heteroatoms. The molecular formula is C13H25NO2. The van der Waals surface area contributed by atoms with Gasteiger partial charge in [0.1, 0.15) is 0 Å². The Morgan fingerprint density at radius 3 is 2.69 bits per heavy atom. The summed E-state index contributed by atoms with van der Waals surface area (Å²) >= 11 is 0. The number of nitrogens with zero attached hydrogens (tertiary/aromatic N) is 1. The molecule has 16 heavy (non-hydrogen) atoms. The molecule has 2 saturated heterocycles. The maximum absolute atomic E-state index is 5.78. The Bertz CT molecular complexity index is 212. The van der Waals surface area contributed by atoms with E-state index in [0.29, 0.717) is 0 Å². The van der Waals surface area contributed by atoms with Crippen molar-refractivity contribution in [2.24, 2.45) is 5.92 Å². The van der Waals surface area contributed by atoms with Crippen molar-refractivity contribution in [3.63, 3.8) is 0 Å². The molecule has 0 bridgehead atoms. The van der Waals surface area contributed by atoms with E-state index < -0.39 is 0 Å². The largest absolute Gasteiger partial charge is 0.346 e. The fourth-order valence-electron chi connectivity index (χ4n) is 2.72.